The Morgan fingerprint density at radius 3 is 2.30 bits per heavy atom. The van der Waals surface area contributed by atoms with Crippen LogP contribution in [0, 0.1) is 11.8 Å². The van der Waals surface area contributed by atoms with Gasteiger partial charge in [0.05, 0.1) is 0 Å². The van der Waals surface area contributed by atoms with E-state index in [1.54, 1.807) is 6.92 Å². The Hall–Kier alpha value is -1.92. The van der Waals surface area contributed by atoms with E-state index in [9.17, 15) is 14.7 Å². The van der Waals surface area contributed by atoms with Gasteiger partial charge in [0.2, 0.25) is 5.91 Å². The first kappa shape index (κ1) is 25.7. The summed E-state index contributed by atoms with van der Waals surface area (Å²) < 4.78 is 0. The van der Waals surface area contributed by atoms with Crippen molar-refractivity contribution in [3.05, 3.63) is 29.3 Å². The van der Waals surface area contributed by atoms with Crippen molar-refractivity contribution < 1.29 is 14.7 Å². The third-order valence-electron chi connectivity index (χ3n) is 7.03. The maximum absolute atomic E-state index is 13.3. The van der Waals surface area contributed by atoms with Crippen LogP contribution in [0.1, 0.15) is 81.6 Å². The number of anilines is 1. The van der Waals surface area contributed by atoms with Gasteiger partial charge < -0.3 is 14.9 Å². The minimum absolute atomic E-state index is 0.0603. The summed E-state index contributed by atoms with van der Waals surface area (Å²) in [5.74, 6) is 0.987. The van der Waals surface area contributed by atoms with Crippen molar-refractivity contribution in [3.63, 3.8) is 0 Å². The number of aliphatic hydroxyl groups is 1. The molecule has 33 heavy (non-hydrogen) atoms. The molecular weight excluding hydrogens is 414 g/mol. The van der Waals surface area contributed by atoms with E-state index in [1.165, 1.54) is 19.3 Å². The second-order valence-corrected chi connectivity index (χ2v) is 10.3. The quantitative estimate of drug-likeness (QED) is 0.732. The lowest BCUT2D eigenvalue weighted by Gasteiger charge is -2.32. The zero-order valence-corrected chi connectivity index (χ0v) is 20.9. The standard InChI is InChI=1S/C27H43N3O3/c1-21(2)18-28-13-7-5-4-6-8-14-30(22(3)32)26-10-9-24(17-25(26)19-28)27(33)29-15-11-23(20-31)12-16-29/h9-10,17,21,23,31H,4-8,11-16,18-20H2,1-3H3. The second-order valence-electron chi connectivity index (χ2n) is 10.3. The summed E-state index contributed by atoms with van der Waals surface area (Å²) in [6.45, 7) is 11.3. The number of aliphatic hydroxyl groups excluding tert-OH is 1. The third kappa shape index (κ3) is 7.28. The number of amides is 2. The van der Waals surface area contributed by atoms with Crippen LogP contribution >= 0.6 is 0 Å². The highest BCUT2D eigenvalue weighted by Gasteiger charge is 2.25. The first-order valence-corrected chi connectivity index (χ1v) is 12.9. The number of nitrogens with zero attached hydrogens (tertiary/aromatic N) is 3. The van der Waals surface area contributed by atoms with Gasteiger partial charge in [-0.25, -0.2) is 0 Å². The molecule has 1 saturated heterocycles. The number of hydrogen-bond donors (Lipinski definition) is 1. The molecule has 0 aliphatic carbocycles. The van der Waals surface area contributed by atoms with Crippen molar-refractivity contribution in [2.75, 3.05) is 44.2 Å². The van der Waals surface area contributed by atoms with Crippen molar-refractivity contribution in [1.29, 1.82) is 0 Å². The molecule has 0 bridgehead atoms. The Morgan fingerprint density at radius 2 is 1.67 bits per heavy atom. The minimum atomic E-state index is 0.0603. The van der Waals surface area contributed by atoms with Gasteiger partial charge in [-0.05, 0) is 67.8 Å². The van der Waals surface area contributed by atoms with Gasteiger partial charge in [0, 0.05) is 57.5 Å². The maximum Gasteiger partial charge on any atom is 0.253 e. The van der Waals surface area contributed by atoms with Crippen LogP contribution in [0.2, 0.25) is 0 Å². The molecule has 2 aliphatic rings. The molecule has 0 saturated carbocycles. The fraction of sp³-hybridized carbons (Fsp3) is 0.704. The molecule has 6 heteroatoms. The second kappa shape index (κ2) is 12.5. The monoisotopic (exact) mass is 457 g/mol. The summed E-state index contributed by atoms with van der Waals surface area (Å²) in [6.07, 6.45) is 7.50. The van der Waals surface area contributed by atoms with Crippen LogP contribution in [-0.2, 0) is 11.3 Å². The zero-order chi connectivity index (χ0) is 23.8. The Kier molecular flexibility index (Phi) is 9.75. The number of carbonyl (C=O) groups is 2. The molecule has 0 unspecified atom stereocenters. The first-order chi connectivity index (χ1) is 15.9. The van der Waals surface area contributed by atoms with E-state index in [-0.39, 0.29) is 18.4 Å². The number of likely N-dealkylation sites (tertiary alicyclic amines) is 1. The van der Waals surface area contributed by atoms with Gasteiger partial charge in [-0.2, -0.15) is 0 Å². The van der Waals surface area contributed by atoms with Crippen LogP contribution < -0.4 is 4.90 Å². The molecule has 2 amide bonds. The first-order valence-electron chi connectivity index (χ1n) is 12.9. The van der Waals surface area contributed by atoms with Gasteiger partial charge >= 0.3 is 0 Å². The molecular formula is C27H43N3O3. The number of benzene rings is 1. The van der Waals surface area contributed by atoms with Gasteiger partial charge in [0.25, 0.3) is 5.91 Å². The smallest absolute Gasteiger partial charge is 0.253 e. The van der Waals surface area contributed by atoms with E-state index in [0.717, 1.165) is 63.1 Å². The number of piperidine rings is 1. The molecule has 0 atom stereocenters. The Bertz CT molecular complexity index is 787. The normalized spacial score (nSPS) is 19.7. The van der Waals surface area contributed by atoms with E-state index in [0.29, 0.717) is 30.5 Å². The fourth-order valence-corrected chi connectivity index (χ4v) is 5.19. The lowest BCUT2D eigenvalue weighted by Crippen LogP contribution is -2.39. The Morgan fingerprint density at radius 1 is 1.00 bits per heavy atom. The molecule has 6 nitrogen and oxygen atoms in total. The molecule has 184 valence electrons. The summed E-state index contributed by atoms with van der Waals surface area (Å²) in [4.78, 5) is 32.2. The topological polar surface area (TPSA) is 64.1 Å². The lowest BCUT2D eigenvalue weighted by molar-refractivity contribution is -0.116. The minimum Gasteiger partial charge on any atom is -0.396 e. The summed E-state index contributed by atoms with van der Waals surface area (Å²) in [5.41, 5.74) is 2.73. The average molecular weight is 458 g/mol. The van der Waals surface area contributed by atoms with E-state index >= 15 is 0 Å². The molecule has 0 radical (unpaired) electrons. The van der Waals surface area contributed by atoms with Gasteiger partial charge in [-0.1, -0.05) is 33.1 Å². The molecule has 2 aliphatic heterocycles. The van der Waals surface area contributed by atoms with Crippen molar-refractivity contribution in [3.8, 4) is 0 Å². The van der Waals surface area contributed by atoms with E-state index in [4.69, 9.17) is 0 Å². The predicted octanol–water partition coefficient (Wildman–Crippen LogP) is 4.31. The fourth-order valence-electron chi connectivity index (χ4n) is 5.19. The predicted molar refractivity (Wildman–Crippen MR) is 133 cm³/mol. The Labute approximate surface area is 199 Å². The van der Waals surface area contributed by atoms with Crippen molar-refractivity contribution >= 4 is 17.5 Å². The van der Waals surface area contributed by atoms with Gasteiger partial charge in [-0.3, -0.25) is 14.5 Å². The molecule has 0 spiro atoms. The van der Waals surface area contributed by atoms with Crippen LogP contribution in [-0.4, -0.2) is 66.1 Å². The highest BCUT2D eigenvalue weighted by molar-refractivity contribution is 5.97. The molecule has 0 aromatic heterocycles. The van der Waals surface area contributed by atoms with Crippen molar-refractivity contribution in [2.24, 2.45) is 11.8 Å². The Balaban J connectivity index is 1.91. The van der Waals surface area contributed by atoms with Crippen LogP contribution in [0.25, 0.3) is 0 Å². The number of rotatable bonds is 4. The van der Waals surface area contributed by atoms with Gasteiger partial charge in [-0.15, -0.1) is 0 Å². The highest BCUT2D eigenvalue weighted by Crippen LogP contribution is 2.28. The largest absolute Gasteiger partial charge is 0.396 e. The van der Waals surface area contributed by atoms with Gasteiger partial charge in [0.1, 0.15) is 0 Å². The van der Waals surface area contributed by atoms with Crippen LogP contribution in [0.4, 0.5) is 5.69 Å². The van der Waals surface area contributed by atoms with Gasteiger partial charge in [0.15, 0.2) is 0 Å². The third-order valence-corrected chi connectivity index (χ3v) is 7.03. The SMILES string of the molecule is CC(=O)N1CCCCCCCN(CC(C)C)Cc2cc(C(=O)N3CCC(CO)CC3)ccc21. The van der Waals surface area contributed by atoms with Crippen molar-refractivity contribution in [2.45, 2.75) is 72.3 Å². The van der Waals surface area contributed by atoms with E-state index in [1.807, 2.05) is 28.0 Å². The molecule has 2 heterocycles. The summed E-state index contributed by atoms with van der Waals surface area (Å²) in [5, 5.41) is 9.41. The van der Waals surface area contributed by atoms with Crippen LogP contribution in [0.5, 0.6) is 0 Å². The molecule has 1 N–H and O–H groups in total. The molecule has 1 aromatic rings. The highest BCUT2D eigenvalue weighted by atomic mass is 16.3. The molecule has 1 fully saturated rings. The molecule has 3 rings (SSSR count). The average Bonchev–Trinajstić information content (AvgIpc) is 2.79. The maximum atomic E-state index is 13.3. The molecule has 1 aromatic carbocycles. The van der Waals surface area contributed by atoms with E-state index < -0.39 is 0 Å². The summed E-state index contributed by atoms with van der Waals surface area (Å²) in [7, 11) is 0. The van der Waals surface area contributed by atoms with Crippen LogP contribution in [0.3, 0.4) is 0 Å². The van der Waals surface area contributed by atoms with Crippen molar-refractivity contribution in [1.82, 2.24) is 9.80 Å². The number of fused-ring (bicyclic) bond motifs is 1. The van der Waals surface area contributed by atoms with E-state index in [2.05, 4.69) is 18.7 Å². The zero-order valence-electron chi connectivity index (χ0n) is 20.9. The summed E-state index contributed by atoms with van der Waals surface area (Å²) >= 11 is 0. The number of carbonyl (C=O) groups excluding carboxylic acids is 2. The summed E-state index contributed by atoms with van der Waals surface area (Å²) in [6, 6.07) is 5.92. The number of hydrogen-bond acceptors (Lipinski definition) is 4. The van der Waals surface area contributed by atoms with Crippen LogP contribution in [0.15, 0.2) is 18.2 Å². The lowest BCUT2D eigenvalue weighted by atomic mass is 9.97.